The first-order valence-corrected chi connectivity index (χ1v) is 5.77. The van der Waals surface area contributed by atoms with Crippen LogP contribution in [0.3, 0.4) is 0 Å². The zero-order valence-corrected chi connectivity index (χ0v) is 8.71. The van der Waals surface area contributed by atoms with Crippen LogP contribution in [0.1, 0.15) is 32.6 Å². The maximum Gasteiger partial charge on any atom is 0.00452 e. The Bertz CT molecular complexity index is 155. The van der Waals surface area contributed by atoms with Crippen LogP contribution in [0.4, 0.5) is 0 Å². The third kappa shape index (κ3) is 2.05. The molecule has 1 heterocycles. The Morgan fingerprint density at radius 3 is 2.38 bits per heavy atom. The van der Waals surface area contributed by atoms with Gasteiger partial charge in [0.1, 0.15) is 0 Å². The van der Waals surface area contributed by atoms with Crippen molar-refractivity contribution in [2.24, 2.45) is 17.6 Å². The van der Waals surface area contributed by atoms with Gasteiger partial charge in [-0.05, 0) is 37.6 Å². The molecule has 13 heavy (non-hydrogen) atoms. The molecule has 1 aliphatic heterocycles. The lowest BCUT2D eigenvalue weighted by Crippen LogP contribution is -2.26. The van der Waals surface area contributed by atoms with Gasteiger partial charge in [-0.25, -0.2) is 0 Å². The average Bonchev–Trinajstić information content (AvgIpc) is 2.57. The lowest BCUT2D eigenvalue weighted by atomic mass is 10.0. The van der Waals surface area contributed by atoms with E-state index in [0.717, 1.165) is 11.8 Å². The second-order valence-electron chi connectivity index (χ2n) is 4.86. The lowest BCUT2D eigenvalue weighted by Gasteiger charge is -2.16. The van der Waals surface area contributed by atoms with Crippen LogP contribution in [-0.2, 0) is 0 Å². The van der Waals surface area contributed by atoms with Crippen molar-refractivity contribution in [1.29, 1.82) is 0 Å². The second-order valence-corrected chi connectivity index (χ2v) is 4.86. The van der Waals surface area contributed by atoms with Gasteiger partial charge in [0.05, 0.1) is 0 Å². The van der Waals surface area contributed by atoms with Gasteiger partial charge in [-0.2, -0.15) is 0 Å². The number of fused-ring (bicyclic) bond motifs is 1. The predicted molar refractivity (Wildman–Crippen MR) is 55.5 cm³/mol. The molecule has 1 aliphatic carbocycles. The molecule has 2 N–H and O–H groups in total. The van der Waals surface area contributed by atoms with Gasteiger partial charge in [-0.15, -0.1) is 0 Å². The summed E-state index contributed by atoms with van der Waals surface area (Å²) >= 11 is 0. The first-order chi connectivity index (χ1) is 6.29. The van der Waals surface area contributed by atoms with Crippen LogP contribution in [0.25, 0.3) is 0 Å². The monoisotopic (exact) mass is 182 g/mol. The maximum absolute atomic E-state index is 5.95. The van der Waals surface area contributed by atoms with Gasteiger partial charge in [0, 0.05) is 19.1 Å². The summed E-state index contributed by atoms with van der Waals surface area (Å²) in [5.41, 5.74) is 5.95. The Kier molecular flexibility index (Phi) is 2.89. The summed E-state index contributed by atoms with van der Waals surface area (Å²) in [6, 6.07) is 0.517. The molecule has 76 valence electrons. The Morgan fingerprint density at radius 1 is 1.23 bits per heavy atom. The largest absolute Gasteiger partial charge is 0.328 e. The van der Waals surface area contributed by atoms with Crippen LogP contribution in [0.2, 0.25) is 0 Å². The number of nitrogens with two attached hydrogens (primary N) is 1. The van der Waals surface area contributed by atoms with E-state index >= 15 is 0 Å². The summed E-state index contributed by atoms with van der Waals surface area (Å²) in [6.07, 6.45) is 5.26. The molecule has 0 radical (unpaired) electrons. The molecule has 0 aromatic carbocycles. The summed E-state index contributed by atoms with van der Waals surface area (Å²) < 4.78 is 0. The van der Waals surface area contributed by atoms with E-state index in [0.29, 0.717) is 6.04 Å². The number of hydrogen-bond donors (Lipinski definition) is 1. The Hall–Kier alpha value is -0.0800. The molecule has 1 saturated heterocycles. The van der Waals surface area contributed by atoms with Crippen molar-refractivity contribution in [1.82, 2.24) is 4.90 Å². The Morgan fingerprint density at radius 2 is 1.85 bits per heavy atom. The summed E-state index contributed by atoms with van der Waals surface area (Å²) in [5, 5.41) is 0. The Labute approximate surface area is 81.5 Å². The number of hydrogen-bond acceptors (Lipinski definition) is 2. The molecule has 0 bridgehead atoms. The molecule has 0 unspecified atom stereocenters. The summed E-state index contributed by atoms with van der Waals surface area (Å²) in [4.78, 5) is 2.64. The van der Waals surface area contributed by atoms with Gasteiger partial charge in [0.25, 0.3) is 0 Å². The third-order valence-electron chi connectivity index (χ3n) is 3.69. The fraction of sp³-hybridized carbons (Fsp3) is 1.00. The zero-order chi connectivity index (χ0) is 9.26. The Balaban J connectivity index is 1.77. The zero-order valence-electron chi connectivity index (χ0n) is 8.71. The molecule has 0 aromatic heterocycles. The molecule has 2 nitrogen and oxygen atoms in total. The van der Waals surface area contributed by atoms with Gasteiger partial charge in [0.2, 0.25) is 0 Å². The van der Waals surface area contributed by atoms with E-state index in [1.165, 1.54) is 45.3 Å². The SMILES string of the molecule is CCCCN1C[C@H]2C[C@H](N)C[C@H]2C1. The molecule has 1 saturated carbocycles. The highest BCUT2D eigenvalue weighted by atomic mass is 15.2. The minimum absolute atomic E-state index is 0.517. The molecule has 2 heteroatoms. The van der Waals surface area contributed by atoms with E-state index in [9.17, 15) is 0 Å². The number of rotatable bonds is 3. The van der Waals surface area contributed by atoms with Gasteiger partial charge in [-0.3, -0.25) is 0 Å². The highest BCUT2D eigenvalue weighted by Gasteiger charge is 2.38. The van der Waals surface area contributed by atoms with Crippen LogP contribution >= 0.6 is 0 Å². The molecule has 0 amide bonds. The third-order valence-corrected chi connectivity index (χ3v) is 3.69. The number of nitrogens with zero attached hydrogens (tertiary/aromatic N) is 1. The van der Waals surface area contributed by atoms with Gasteiger partial charge in [0.15, 0.2) is 0 Å². The van der Waals surface area contributed by atoms with Crippen molar-refractivity contribution >= 4 is 0 Å². The van der Waals surface area contributed by atoms with Crippen molar-refractivity contribution < 1.29 is 0 Å². The van der Waals surface area contributed by atoms with Crippen LogP contribution in [0.15, 0.2) is 0 Å². The lowest BCUT2D eigenvalue weighted by molar-refractivity contribution is 0.302. The fourth-order valence-electron chi connectivity index (χ4n) is 3.01. The van der Waals surface area contributed by atoms with Crippen LogP contribution < -0.4 is 5.73 Å². The van der Waals surface area contributed by atoms with E-state index < -0.39 is 0 Å². The fourth-order valence-corrected chi connectivity index (χ4v) is 3.01. The van der Waals surface area contributed by atoms with Crippen molar-refractivity contribution in [2.45, 2.75) is 38.6 Å². The first-order valence-electron chi connectivity index (χ1n) is 5.77. The van der Waals surface area contributed by atoms with Crippen molar-refractivity contribution in [2.75, 3.05) is 19.6 Å². The summed E-state index contributed by atoms with van der Waals surface area (Å²) in [6.45, 7) is 6.25. The molecule has 0 aromatic rings. The standard InChI is InChI=1S/C11H22N2/c1-2-3-4-13-7-9-5-11(12)6-10(9)8-13/h9-11H,2-8,12H2,1H3/t9-,10+,11+. The molecule has 3 atom stereocenters. The average molecular weight is 182 g/mol. The van der Waals surface area contributed by atoms with Gasteiger partial charge in [-0.1, -0.05) is 13.3 Å². The molecule has 0 spiro atoms. The second kappa shape index (κ2) is 3.97. The number of likely N-dealkylation sites (tertiary alicyclic amines) is 1. The normalized spacial score (nSPS) is 39.7. The van der Waals surface area contributed by atoms with Crippen molar-refractivity contribution in [3.63, 3.8) is 0 Å². The van der Waals surface area contributed by atoms with Gasteiger partial charge >= 0.3 is 0 Å². The summed E-state index contributed by atoms with van der Waals surface area (Å²) in [7, 11) is 0. The number of unbranched alkanes of at least 4 members (excludes halogenated alkanes) is 1. The molecule has 2 fully saturated rings. The predicted octanol–water partition coefficient (Wildman–Crippen LogP) is 1.46. The van der Waals surface area contributed by atoms with E-state index in [-0.39, 0.29) is 0 Å². The maximum atomic E-state index is 5.95. The quantitative estimate of drug-likeness (QED) is 0.716. The van der Waals surface area contributed by atoms with E-state index in [4.69, 9.17) is 5.73 Å². The van der Waals surface area contributed by atoms with E-state index in [2.05, 4.69) is 11.8 Å². The topological polar surface area (TPSA) is 29.3 Å². The van der Waals surface area contributed by atoms with E-state index in [1.54, 1.807) is 0 Å². The minimum atomic E-state index is 0.517. The molecule has 2 rings (SSSR count). The molecular formula is C11H22N2. The van der Waals surface area contributed by atoms with Crippen molar-refractivity contribution in [3.8, 4) is 0 Å². The summed E-state index contributed by atoms with van der Waals surface area (Å²) in [5.74, 6) is 1.87. The van der Waals surface area contributed by atoms with Crippen molar-refractivity contribution in [3.05, 3.63) is 0 Å². The highest BCUT2D eigenvalue weighted by molar-refractivity contribution is 4.93. The van der Waals surface area contributed by atoms with Gasteiger partial charge < -0.3 is 10.6 Å². The van der Waals surface area contributed by atoms with E-state index in [1.807, 2.05) is 0 Å². The molecule has 2 aliphatic rings. The molecular weight excluding hydrogens is 160 g/mol. The van der Waals surface area contributed by atoms with Crippen LogP contribution in [0.5, 0.6) is 0 Å². The first kappa shape index (κ1) is 9.47. The minimum Gasteiger partial charge on any atom is -0.328 e. The van der Waals surface area contributed by atoms with Crippen LogP contribution in [0, 0.1) is 11.8 Å². The highest BCUT2D eigenvalue weighted by Crippen LogP contribution is 2.37. The van der Waals surface area contributed by atoms with Crippen LogP contribution in [-0.4, -0.2) is 30.6 Å². The smallest absolute Gasteiger partial charge is 0.00452 e.